The fourth-order valence-electron chi connectivity index (χ4n) is 1.55. The van der Waals surface area contributed by atoms with Gasteiger partial charge in [-0.1, -0.05) is 6.07 Å². The third kappa shape index (κ3) is 4.19. The first-order valence-corrected chi connectivity index (χ1v) is 7.68. The molecule has 0 aliphatic carbocycles. The Hall–Kier alpha value is -1.27. The molecule has 6 heteroatoms. The van der Waals surface area contributed by atoms with Gasteiger partial charge >= 0.3 is 0 Å². The van der Waals surface area contributed by atoms with Crippen LogP contribution in [0.2, 0.25) is 0 Å². The van der Waals surface area contributed by atoms with Crippen LogP contribution >= 0.6 is 0 Å². The lowest BCUT2D eigenvalue weighted by Gasteiger charge is -2.11. The number of hydrogen-bond donors (Lipinski definition) is 2. The fourth-order valence-corrected chi connectivity index (χ4v) is 2.37. The molecular formula is C12H19NO4S. The molecule has 0 saturated carbocycles. The van der Waals surface area contributed by atoms with Crippen LogP contribution in [0.15, 0.2) is 23.1 Å². The smallest absolute Gasteiger partial charge is 0.177 e. The van der Waals surface area contributed by atoms with Gasteiger partial charge in [-0.2, -0.15) is 0 Å². The number of ether oxygens (including phenoxy) is 1. The number of nitrogen functional groups attached to an aromatic ring is 1. The van der Waals surface area contributed by atoms with E-state index >= 15 is 0 Å². The molecule has 0 aliphatic heterocycles. The lowest BCUT2D eigenvalue weighted by molar-refractivity contribution is 0.266. The number of aliphatic hydroxyl groups is 1. The van der Waals surface area contributed by atoms with Crippen LogP contribution in [0.1, 0.15) is 19.3 Å². The summed E-state index contributed by atoms with van der Waals surface area (Å²) in [5.41, 5.74) is 5.92. The molecule has 0 heterocycles. The van der Waals surface area contributed by atoms with Crippen LogP contribution in [0, 0.1) is 0 Å². The number of anilines is 1. The van der Waals surface area contributed by atoms with E-state index in [1.807, 2.05) is 0 Å². The van der Waals surface area contributed by atoms with Gasteiger partial charge < -0.3 is 15.6 Å². The Bertz CT molecular complexity index is 485. The molecule has 3 N–H and O–H groups in total. The summed E-state index contributed by atoms with van der Waals surface area (Å²) in [5, 5.41) is 8.63. The molecule has 1 aromatic rings. The summed E-state index contributed by atoms with van der Waals surface area (Å²) >= 11 is 0. The van der Waals surface area contributed by atoms with Crippen LogP contribution in [0.3, 0.4) is 0 Å². The van der Waals surface area contributed by atoms with Crippen molar-refractivity contribution < 1.29 is 18.3 Å². The number of hydrogen-bond acceptors (Lipinski definition) is 5. The van der Waals surface area contributed by atoms with Crippen LogP contribution in [-0.2, 0) is 9.84 Å². The van der Waals surface area contributed by atoms with Crippen LogP contribution in [0.25, 0.3) is 0 Å². The molecular weight excluding hydrogens is 254 g/mol. The van der Waals surface area contributed by atoms with Gasteiger partial charge in [-0.05, 0) is 31.4 Å². The van der Waals surface area contributed by atoms with Crippen molar-refractivity contribution in [1.29, 1.82) is 0 Å². The molecule has 1 aromatic carbocycles. The van der Waals surface area contributed by atoms with E-state index in [2.05, 4.69) is 0 Å². The third-order valence-corrected chi connectivity index (χ3v) is 3.64. The van der Waals surface area contributed by atoms with Gasteiger partial charge in [-0.3, -0.25) is 0 Å². The zero-order valence-corrected chi connectivity index (χ0v) is 11.2. The molecule has 0 fully saturated rings. The van der Waals surface area contributed by atoms with E-state index < -0.39 is 9.84 Å². The van der Waals surface area contributed by atoms with Crippen molar-refractivity contribution in [1.82, 2.24) is 0 Å². The van der Waals surface area contributed by atoms with Gasteiger partial charge in [0.25, 0.3) is 0 Å². The number of sulfone groups is 1. The fraction of sp³-hybridized carbons (Fsp3) is 0.500. The first kappa shape index (κ1) is 14.8. The van der Waals surface area contributed by atoms with E-state index in [-0.39, 0.29) is 17.2 Å². The summed E-state index contributed by atoms with van der Waals surface area (Å²) in [6, 6.07) is 4.72. The number of rotatable bonds is 7. The highest BCUT2D eigenvalue weighted by molar-refractivity contribution is 7.90. The topological polar surface area (TPSA) is 89.6 Å². The van der Waals surface area contributed by atoms with E-state index in [0.29, 0.717) is 12.4 Å². The number of aliphatic hydroxyl groups excluding tert-OH is 1. The van der Waals surface area contributed by atoms with Crippen molar-refractivity contribution in [2.75, 3.05) is 25.2 Å². The Morgan fingerprint density at radius 1 is 1.28 bits per heavy atom. The molecule has 0 spiro atoms. The van der Waals surface area contributed by atoms with E-state index in [4.69, 9.17) is 15.6 Å². The molecule has 5 nitrogen and oxygen atoms in total. The molecule has 0 aromatic heterocycles. The van der Waals surface area contributed by atoms with Crippen LogP contribution in [0.5, 0.6) is 5.75 Å². The lowest BCUT2D eigenvalue weighted by Crippen LogP contribution is -2.06. The Kier molecular flexibility index (Phi) is 5.43. The molecule has 0 atom stereocenters. The second kappa shape index (κ2) is 6.61. The summed E-state index contributed by atoms with van der Waals surface area (Å²) in [4.78, 5) is 0.0929. The van der Waals surface area contributed by atoms with Gasteiger partial charge in [0.1, 0.15) is 5.75 Å². The summed E-state index contributed by atoms with van der Waals surface area (Å²) in [5.74, 6) is 0.391. The highest BCUT2D eigenvalue weighted by Gasteiger charge is 2.14. The second-order valence-corrected chi connectivity index (χ2v) is 6.06. The van der Waals surface area contributed by atoms with Gasteiger partial charge in [-0.25, -0.2) is 8.42 Å². The molecule has 0 saturated heterocycles. The van der Waals surface area contributed by atoms with Gasteiger partial charge in [-0.15, -0.1) is 0 Å². The van der Waals surface area contributed by atoms with E-state index in [0.717, 1.165) is 25.5 Å². The van der Waals surface area contributed by atoms with Gasteiger partial charge in [0.05, 0.1) is 17.2 Å². The minimum Gasteiger partial charge on any atom is -0.491 e. The minimum absolute atomic E-state index is 0.0929. The number of benzene rings is 1. The largest absolute Gasteiger partial charge is 0.491 e. The summed E-state index contributed by atoms with van der Waals surface area (Å²) in [6.07, 6.45) is 3.51. The summed E-state index contributed by atoms with van der Waals surface area (Å²) < 4.78 is 28.4. The highest BCUT2D eigenvalue weighted by atomic mass is 32.2. The van der Waals surface area contributed by atoms with Gasteiger partial charge in [0.2, 0.25) is 0 Å². The van der Waals surface area contributed by atoms with E-state index in [1.165, 1.54) is 6.07 Å². The van der Waals surface area contributed by atoms with Crippen molar-refractivity contribution in [3.8, 4) is 5.75 Å². The standard InChI is InChI=1S/C12H19NO4S/c1-18(15,16)11-7-5-6-10(12(11)13)17-9-4-2-3-8-14/h5-7,14H,2-4,8-9,13H2,1H3. The first-order chi connectivity index (χ1) is 8.46. The Morgan fingerprint density at radius 3 is 2.61 bits per heavy atom. The van der Waals surface area contributed by atoms with Crippen molar-refractivity contribution >= 4 is 15.5 Å². The Balaban J connectivity index is 2.67. The lowest BCUT2D eigenvalue weighted by atomic mass is 10.2. The summed E-state index contributed by atoms with van der Waals surface area (Å²) in [7, 11) is -3.33. The zero-order chi connectivity index (χ0) is 13.6. The van der Waals surface area contributed by atoms with Crippen molar-refractivity contribution in [2.24, 2.45) is 0 Å². The monoisotopic (exact) mass is 273 g/mol. The van der Waals surface area contributed by atoms with Crippen molar-refractivity contribution in [3.05, 3.63) is 18.2 Å². The molecule has 0 radical (unpaired) electrons. The van der Waals surface area contributed by atoms with Gasteiger partial charge in [0.15, 0.2) is 9.84 Å². The molecule has 18 heavy (non-hydrogen) atoms. The Morgan fingerprint density at radius 2 is 2.00 bits per heavy atom. The molecule has 1 rings (SSSR count). The summed E-state index contributed by atoms with van der Waals surface area (Å²) in [6.45, 7) is 0.628. The van der Waals surface area contributed by atoms with Crippen molar-refractivity contribution in [3.63, 3.8) is 0 Å². The van der Waals surface area contributed by atoms with Crippen molar-refractivity contribution in [2.45, 2.75) is 24.2 Å². The highest BCUT2D eigenvalue weighted by Crippen LogP contribution is 2.28. The van der Waals surface area contributed by atoms with Crippen LogP contribution in [0.4, 0.5) is 5.69 Å². The average molecular weight is 273 g/mol. The van der Waals surface area contributed by atoms with Gasteiger partial charge in [0, 0.05) is 12.9 Å². The quantitative estimate of drug-likeness (QED) is 0.576. The maximum Gasteiger partial charge on any atom is 0.177 e. The Labute approximate surface area is 107 Å². The molecule has 0 aliphatic rings. The minimum atomic E-state index is -3.33. The maximum atomic E-state index is 11.5. The molecule has 102 valence electrons. The predicted octanol–water partition coefficient (Wildman–Crippen LogP) is 1.21. The van der Waals surface area contributed by atoms with E-state index in [1.54, 1.807) is 12.1 Å². The number of para-hydroxylation sites is 1. The molecule has 0 amide bonds. The third-order valence-electron chi connectivity index (χ3n) is 2.49. The van der Waals surface area contributed by atoms with E-state index in [9.17, 15) is 8.42 Å². The average Bonchev–Trinajstić information content (AvgIpc) is 2.29. The SMILES string of the molecule is CS(=O)(=O)c1cccc(OCCCCCO)c1N. The zero-order valence-electron chi connectivity index (χ0n) is 10.4. The predicted molar refractivity (Wildman–Crippen MR) is 70.4 cm³/mol. The number of unbranched alkanes of at least 4 members (excludes halogenated alkanes) is 2. The maximum absolute atomic E-state index is 11.5. The van der Waals surface area contributed by atoms with Crippen LogP contribution < -0.4 is 10.5 Å². The first-order valence-electron chi connectivity index (χ1n) is 5.79. The molecule has 0 unspecified atom stereocenters. The normalized spacial score (nSPS) is 11.4. The second-order valence-electron chi connectivity index (χ2n) is 4.07. The molecule has 0 bridgehead atoms. The van der Waals surface area contributed by atoms with Crippen LogP contribution in [-0.4, -0.2) is 33.0 Å². The number of nitrogens with two attached hydrogens (primary N) is 1.